The van der Waals surface area contributed by atoms with Crippen molar-refractivity contribution in [3.05, 3.63) is 24.3 Å². The van der Waals surface area contributed by atoms with Gasteiger partial charge in [0.25, 0.3) is 0 Å². The van der Waals surface area contributed by atoms with Crippen molar-refractivity contribution in [1.82, 2.24) is 0 Å². The monoisotopic (exact) mass is 221 g/mol. The molecule has 16 heavy (non-hydrogen) atoms. The molecule has 0 aliphatic heterocycles. The molecule has 0 saturated carbocycles. The number of rotatable bonds is 6. The van der Waals surface area contributed by atoms with Crippen molar-refractivity contribution in [3.8, 4) is 11.5 Å². The number of para-hydroxylation sites is 1. The van der Waals surface area contributed by atoms with E-state index in [1.165, 1.54) is 0 Å². The van der Waals surface area contributed by atoms with Gasteiger partial charge in [0.15, 0.2) is 11.5 Å². The fraction of sp³-hybridized carbons (Fsp3) is 0.571. The molecule has 1 rings (SSSR count). The Balaban J connectivity index is 2.60. The molecule has 0 aromatic heterocycles. The van der Waals surface area contributed by atoms with Gasteiger partial charge in [-0.15, -0.1) is 0 Å². The first-order chi connectivity index (χ1) is 7.59. The first-order valence-electron chi connectivity index (χ1n) is 5.86. The van der Waals surface area contributed by atoms with Crippen LogP contribution >= 0.6 is 0 Å². The van der Waals surface area contributed by atoms with Crippen molar-refractivity contribution >= 4 is 0 Å². The SMILES string of the molecule is CC(C)COc1[c]cccc1OCC(C)C. The molecule has 0 saturated heterocycles. The van der Waals surface area contributed by atoms with Crippen molar-refractivity contribution in [2.75, 3.05) is 13.2 Å². The molecule has 2 heteroatoms. The molecule has 0 fully saturated rings. The third-order valence-corrected chi connectivity index (χ3v) is 1.92. The second-order valence-electron chi connectivity index (χ2n) is 4.77. The number of benzene rings is 1. The first kappa shape index (κ1) is 12.9. The molecule has 0 unspecified atom stereocenters. The van der Waals surface area contributed by atoms with E-state index in [4.69, 9.17) is 9.47 Å². The Labute approximate surface area is 98.6 Å². The van der Waals surface area contributed by atoms with Gasteiger partial charge in [-0.25, -0.2) is 0 Å². The predicted molar refractivity (Wildman–Crippen MR) is 65.9 cm³/mol. The predicted octanol–water partition coefficient (Wildman–Crippen LogP) is 3.56. The lowest BCUT2D eigenvalue weighted by molar-refractivity contribution is 0.229. The van der Waals surface area contributed by atoms with Crippen molar-refractivity contribution in [3.63, 3.8) is 0 Å². The lowest BCUT2D eigenvalue weighted by atomic mass is 10.2. The second-order valence-corrected chi connectivity index (χ2v) is 4.77. The average Bonchev–Trinajstić information content (AvgIpc) is 2.24. The largest absolute Gasteiger partial charge is 0.489 e. The Morgan fingerprint density at radius 2 is 1.69 bits per heavy atom. The Bertz CT molecular complexity index is 274. The lowest BCUT2D eigenvalue weighted by Gasteiger charge is -2.14. The van der Waals surface area contributed by atoms with Crippen LogP contribution in [0.15, 0.2) is 18.2 Å². The van der Waals surface area contributed by atoms with E-state index in [1.807, 2.05) is 18.2 Å². The Kier molecular flexibility index (Phi) is 5.17. The van der Waals surface area contributed by atoms with Crippen LogP contribution in [-0.4, -0.2) is 13.2 Å². The van der Waals surface area contributed by atoms with E-state index in [9.17, 15) is 0 Å². The normalized spacial score (nSPS) is 10.9. The molecule has 0 atom stereocenters. The molecule has 0 spiro atoms. The highest BCUT2D eigenvalue weighted by Gasteiger charge is 2.06. The van der Waals surface area contributed by atoms with E-state index in [1.54, 1.807) is 0 Å². The summed E-state index contributed by atoms with van der Waals surface area (Å²) in [6, 6.07) is 8.75. The van der Waals surface area contributed by atoms with Crippen molar-refractivity contribution in [2.24, 2.45) is 11.8 Å². The quantitative estimate of drug-likeness (QED) is 0.731. The van der Waals surface area contributed by atoms with Gasteiger partial charge in [-0.05, 0) is 17.9 Å². The fourth-order valence-corrected chi connectivity index (χ4v) is 1.14. The third kappa shape index (κ3) is 4.56. The molecule has 1 aromatic rings. The van der Waals surface area contributed by atoms with Crippen LogP contribution in [0.2, 0.25) is 0 Å². The molecule has 2 nitrogen and oxygen atoms in total. The summed E-state index contributed by atoms with van der Waals surface area (Å²) in [6.45, 7) is 9.90. The third-order valence-electron chi connectivity index (χ3n) is 1.92. The van der Waals surface area contributed by atoms with Crippen molar-refractivity contribution in [2.45, 2.75) is 27.7 Å². The van der Waals surface area contributed by atoms with Crippen LogP contribution in [0.1, 0.15) is 27.7 Å². The van der Waals surface area contributed by atoms with Crippen LogP contribution in [-0.2, 0) is 0 Å². The van der Waals surface area contributed by atoms with Gasteiger partial charge in [0.1, 0.15) is 0 Å². The van der Waals surface area contributed by atoms with Crippen LogP contribution in [0, 0.1) is 17.9 Å². The average molecular weight is 221 g/mol. The second kappa shape index (κ2) is 6.41. The number of ether oxygens (including phenoxy) is 2. The molecular formula is C14H21O2. The van der Waals surface area contributed by atoms with E-state index in [0.717, 1.165) is 11.5 Å². The van der Waals surface area contributed by atoms with Crippen LogP contribution in [0.4, 0.5) is 0 Å². The fourth-order valence-electron chi connectivity index (χ4n) is 1.14. The number of hydrogen-bond donors (Lipinski definition) is 0. The molecule has 1 radical (unpaired) electrons. The maximum absolute atomic E-state index is 5.67. The van der Waals surface area contributed by atoms with Crippen LogP contribution in [0.25, 0.3) is 0 Å². The molecule has 89 valence electrons. The standard InChI is InChI=1S/C14H21O2/c1-11(2)9-15-13-7-5-6-8-14(13)16-10-12(3)4/h5-7,11-12H,9-10H2,1-4H3. The van der Waals surface area contributed by atoms with E-state index in [-0.39, 0.29) is 0 Å². The topological polar surface area (TPSA) is 18.5 Å². The van der Waals surface area contributed by atoms with E-state index < -0.39 is 0 Å². The summed E-state index contributed by atoms with van der Waals surface area (Å²) in [7, 11) is 0. The summed E-state index contributed by atoms with van der Waals surface area (Å²) in [5.74, 6) is 2.53. The van der Waals surface area contributed by atoms with Gasteiger partial charge in [0, 0.05) is 6.07 Å². The van der Waals surface area contributed by atoms with Gasteiger partial charge in [-0.3, -0.25) is 0 Å². The van der Waals surface area contributed by atoms with Crippen molar-refractivity contribution < 1.29 is 9.47 Å². The van der Waals surface area contributed by atoms with Crippen LogP contribution < -0.4 is 9.47 Å². The van der Waals surface area contributed by atoms with Crippen LogP contribution in [0.5, 0.6) is 11.5 Å². The van der Waals surface area contributed by atoms with E-state index in [0.29, 0.717) is 25.0 Å². The Morgan fingerprint density at radius 1 is 1.06 bits per heavy atom. The van der Waals surface area contributed by atoms with Gasteiger partial charge in [0.2, 0.25) is 0 Å². The van der Waals surface area contributed by atoms with Gasteiger partial charge < -0.3 is 9.47 Å². The van der Waals surface area contributed by atoms with Crippen molar-refractivity contribution in [1.29, 1.82) is 0 Å². The zero-order valence-corrected chi connectivity index (χ0v) is 10.6. The summed E-state index contributed by atoms with van der Waals surface area (Å²) >= 11 is 0. The van der Waals surface area contributed by atoms with Gasteiger partial charge in [-0.2, -0.15) is 0 Å². The van der Waals surface area contributed by atoms with E-state index >= 15 is 0 Å². The summed E-state index contributed by atoms with van der Waals surface area (Å²) in [5, 5.41) is 0. The lowest BCUT2D eigenvalue weighted by Crippen LogP contribution is -2.08. The molecule has 0 heterocycles. The summed E-state index contributed by atoms with van der Waals surface area (Å²) in [5.41, 5.74) is 0. The van der Waals surface area contributed by atoms with Gasteiger partial charge in [0.05, 0.1) is 13.2 Å². The first-order valence-corrected chi connectivity index (χ1v) is 5.86. The minimum atomic E-state index is 0.506. The maximum Gasteiger partial charge on any atom is 0.169 e. The molecule has 0 amide bonds. The highest BCUT2D eigenvalue weighted by molar-refractivity contribution is 5.38. The Hall–Kier alpha value is -1.18. The zero-order valence-electron chi connectivity index (χ0n) is 10.6. The number of hydrogen-bond acceptors (Lipinski definition) is 2. The van der Waals surface area contributed by atoms with E-state index in [2.05, 4.69) is 33.8 Å². The minimum Gasteiger partial charge on any atom is -0.489 e. The Morgan fingerprint density at radius 3 is 2.31 bits per heavy atom. The summed E-state index contributed by atoms with van der Waals surface area (Å²) < 4.78 is 11.3. The highest BCUT2D eigenvalue weighted by Crippen LogP contribution is 2.26. The van der Waals surface area contributed by atoms with Gasteiger partial charge in [-0.1, -0.05) is 39.8 Å². The minimum absolute atomic E-state index is 0.506. The van der Waals surface area contributed by atoms with Gasteiger partial charge >= 0.3 is 0 Å². The summed E-state index contributed by atoms with van der Waals surface area (Å²) in [4.78, 5) is 0. The zero-order chi connectivity index (χ0) is 12.0. The molecule has 0 N–H and O–H groups in total. The molecule has 1 aromatic carbocycles. The maximum atomic E-state index is 5.67. The molecular weight excluding hydrogens is 200 g/mol. The molecule has 0 aliphatic rings. The summed E-state index contributed by atoms with van der Waals surface area (Å²) in [6.07, 6.45) is 0. The highest BCUT2D eigenvalue weighted by atomic mass is 16.5. The smallest absolute Gasteiger partial charge is 0.169 e. The molecule has 0 bridgehead atoms. The van der Waals surface area contributed by atoms with Crippen LogP contribution in [0.3, 0.4) is 0 Å². The molecule has 0 aliphatic carbocycles.